The topological polar surface area (TPSA) is 49.3 Å². The van der Waals surface area contributed by atoms with Gasteiger partial charge in [0.15, 0.2) is 0 Å². The lowest BCUT2D eigenvalue weighted by Crippen LogP contribution is -2.51. The fraction of sp³-hybridized carbons (Fsp3) is 0.562. The van der Waals surface area contributed by atoms with Gasteiger partial charge in [-0.3, -0.25) is 4.79 Å². The summed E-state index contributed by atoms with van der Waals surface area (Å²) in [7, 11) is 0. The molecule has 0 saturated carbocycles. The van der Waals surface area contributed by atoms with Gasteiger partial charge in [0.1, 0.15) is 5.54 Å². The van der Waals surface area contributed by atoms with Crippen LogP contribution in [0.4, 0.5) is 0 Å². The highest BCUT2D eigenvalue weighted by Gasteiger charge is 2.33. The van der Waals surface area contributed by atoms with Crippen LogP contribution in [0.2, 0.25) is 5.02 Å². The third-order valence-corrected chi connectivity index (χ3v) is 4.87. The fourth-order valence-corrected chi connectivity index (χ4v) is 3.34. The van der Waals surface area contributed by atoms with Crippen molar-refractivity contribution in [3.05, 3.63) is 34.9 Å². The maximum atomic E-state index is 11.5. The van der Waals surface area contributed by atoms with Gasteiger partial charge in [-0.05, 0) is 44.0 Å². The third-order valence-electron chi connectivity index (χ3n) is 3.38. The van der Waals surface area contributed by atoms with Gasteiger partial charge in [-0.2, -0.15) is 11.8 Å². The summed E-state index contributed by atoms with van der Waals surface area (Å²) >= 11 is 7.63. The minimum absolute atomic E-state index is 0.256. The van der Waals surface area contributed by atoms with E-state index < -0.39 is 11.5 Å². The minimum Gasteiger partial charge on any atom is -0.480 e. The smallest absolute Gasteiger partial charge is 0.323 e. The molecule has 21 heavy (non-hydrogen) atoms. The second-order valence-corrected chi connectivity index (χ2v) is 7.38. The second-order valence-electron chi connectivity index (χ2n) is 5.52. The van der Waals surface area contributed by atoms with Crippen molar-refractivity contribution in [2.75, 3.05) is 6.54 Å². The quantitative estimate of drug-likeness (QED) is 0.713. The summed E-state index contributed by atoms with van der Waals surface area (Å²) in [5, 5.41) is 13.6. The zero-order valence-corrected chi connectivity index (χ0v) is 14.4. The van der Waals surface area contributed by atoms with E-state index in [-0.39, 0.29) is 5.25 Å². The molecule has 0 bridgehead atoms. The first kappa shape index (κ1) is 18.3. The van der Waals surface area contributed by atoms with E-state index in [4.69, 9.17) is 11.6 Å². The minimum atomic E-state index is -0.859. The zero-order valence-electron chi connectivity index (χ0n) is 12.9. The molecule has 1 aromatic carbocycles. The van der Waals surface area contributed by atoms with Crippen LogP contribution in [0.1, 0.15) is 39.2 Å². The molecule has 2 N–H and O–H groups in total. The van der Waals surface area contributed by atoms with Crippen molar-refractivity contribution < 1.29 is 9.90 Å². The largest absolute Gasteiger partial charge is 0.480 e. The van der Waals surface area contributed by atoms with Crippen LogP contribution in [0.15, 0.2) is 24.3 Å². The fourth-order valence-electron chi connectivity index (χ4n) is 2.09. The van der Waals surface area contributed by atoms with Crippen LogP contribution in [0.25, 0.3) is 0 Å². The van der Waals surface area contributed by atoms with E-state index in [0.29, 0.717) is 6.42 Å². The van der Waals surface area contributed by atoms with Crippen molar-refractivity contribution in [2.24, 2.45) is 0 Å². The van der Waals surface area contributed by atoms with E-state index >= 15 is 0 Å². The summed E-state index contributed by atoms with van der Waals surface area (Å²) in [6.45, 7) is 6.60. The third kappa shape index (κ3) is 6.29. The summed E-state index contributed by atoms with van der Waals surface area (Å²) < 4.78 is 0. The lowest BCUT2D eigenvalue weighted by atomic mass is 9.96. The van der Waals surface area contributed by atoms with Crippen LogP contribution < -0.4 is 5.32 Å². The SMILES string of the molecule is CCCNC(C)(CC(C)SCc1ccc(Cl)cc1)C(=O)O. The molecule has 0 aliphatic carbocycles. The monoisotopic (exact) mass is 329 g/mol. The Balaban J connectivity index is 2.51. The molecule has 0 fully saturated rings. The summed E-state index contributed by atoms with van der Waals surface area (Å²) in [5.74, 6) is 0.0804. The van der Waals surface area contributed by atoms with Crippen molar-refractivity contribution in [3.8, 4) is 0 Å². The van der Waals surface area contributed by atoms with Gasteiger partial charge in [-0.25, -0.2) is 0 Å². The van der Waals surface area contributed by atoms with Gasteiger partial charge < -0.3 is 10.4 Å². The lowest BCUT2D eigenvalue weighted by molar-refractivity contribution is -0.144. The van der Waals surface area contributed by atoms with Crippen LogP contribution in [0, 0.1) is 0 Å². The lowest BCUT2D eigenvalue weighted by Gasteiger charge is -2.29. The highest BCUT2D eigenvalue weighted by Crippen LogP contribution is 2.26. The van der Waals surface area contributed by atoms with Crippen LogP contribution in [-0.4, -0.2) is 28.4 Å². The van der Waals surface area contributed by atoms with E-state index in [9.17, 15) is 9.90 Å². The molecule has 0 spiro atoms. The van der Waals surface area contributed by atoms with Crippen LogP contribution in [-0.2, 0) is 10.5 Å². The first-order chi connectivity index (χ1) is 9.87. The summed E-state index contributed by atoms with van der Waals surface area (Å²) in [6, 6.07) is 7.78. The number of hydrogen-bond acceptors (Lipinski definition) is 3. The molecule has 3 nitrogen and oxygen atoms in total. The number of halogens is 1. The van der Waals surface area contributed by atoms with Gasteiger partial charge in [-0.1, -0.05) is 37.6 Å². The molecule has 0 amide bonds. The molecule has 0 aliphatic rings. The Morgan fingerprint density at radius 3 is 2.57 bits per heavy atom. The number of benzene rings is 1. The van der Waals surface area contributed by atoms with Crippen molar-refractivity contribution in [2.45, 2.75) is 50.2 Å². The Kier molecular flexibility index (Phi) is 7.57. The summed E-state index contributed by atoms with van der Waals surface area (Å²) in [5.41, 5.74) is 0.345. The number of carboxylic acids is 1. The number of nitrogens with one attached hydrogen (secondary N) is 1. The molecule has 0 saturated heterocycles. The molecule has 2 atom stereocenters. The molecular formula is C16H24ClNO2S. The first-order valence-electron chi connectivity index (χ1n) is 7.22. The molecule has 118 valence electrons. The van der Waals surface area contributed by atoms with Crippen LogP contribution in [0.5, 0.6) is 0 Å². The summed E-state index contributed by atoms with van der Waals surface area (Å²) in [4.78, 5) is 11.5. The molecule has 0 aliphatic heterocycles. The highest BCUT2D eigenvalue weighted by atomic mass is 35.5. The Bertz CT molecular complexity index is 452. The molecule has 5 heteroatoms. The Labute approximate surface area is 136 Å². The molecule has 1 aromatic rings. The van der Waals surface area contributed by atoms with Gasteiger partial charge >= 0.3 is 5.97 Å². The molecule has 1 rings (SSSR count). The van der Waals surface area contributed by atoms with Crippen molar-refractivity contribution in [3.63, 3.8) is 0 Å². The van der Waals surface area contributed by atoms with Crippen molar-refractivity contribution in [1.82, 2.24) is 5.32 Å². The van der Waals surface area contributed by atoms with E-state index in [2.05, 4.69) is 12.2 Å². The molecule has 0 heterocycles. The van der Waals surface area contributed by atoms with Gasteiger partial charge in [-0.15, -0.1) is 0 Å². The van der Waals surface area contributed by atoms with E-state index in [1.54, 1.807) is 18.7 Å². The standard InChI is InChI=1S/C16H24ClNO2S/c1-4-9-18-16(3,15(19)20)10-12(2)21-11-13-5-7-14(17)8-6-13/h5-8,12,18H,4,9-11H2,1-3H3,(H,19,20). The Morgan fingerprint density at radius 1 is 1.43 bits per heavy atom. The number of carboxylic acid groups (broad SMARTS) is 1. The van der Waals surface area contributed by atoms with Gasteiger partial charge in [0.25, 0.3) is 0 Å². The Morgan fingerprint density at radius 2 is 2.05 bits per heavy atom. The van der Waals surface area contributed by atoms with Crippen molar-refractivity contribution >= 4 is 29.3 Å². The van der Waals surface area contributed by atoms with E-state index in [1.165, 1.54) is 5.56 Å². The zero-order chi connectivity index (χ0) is 15.9. The second kappa shape index (κ2) is 8.66. The average molecular weight is 330 g/mol. The normalized spacial score (nSPS) is 15.4. The van der Waals surface area contributed by atoms with Crippen LogP contribution in [0.3, 0.4) is 0 Å². The van der Waals surface area contributed by atoms with Gasteiger partial charge in [0.2, 0.25) is 0 Å². The van der Waals surface area contributed by atoms with Gasteiger partial charge in [0.05, 0.1) is 0 Å². The summed E-state index contributed by atoms with van der Waals surface area (Å²) in [6.07, 6.45) is 1.52. The average Bonchev–Trinajstić information content (AvgIpc) is 2.44. The molecular weight excluding hydrogens is 306 g/mol. The predicted octanol–water partition coefficient (Wildman–Crippen LogP) is 4.19. The molecule has 0 aromatic heterocycles. The highest BCUT2D eigenvalue weighted by molar-refractivity contribution is 7.99. The van der Waals surface area contributed by atoms with E-state index in [0.717, 1.165) is 23.7 Å². The maximum absolute atomic E-state index is 11.5. The van der Waals surface area contributed by atoms with Crippen LogP contribution >= 0.6 is 23.4 Å². The number of rotatable bonds is 9. The molecule has 2 unspecified atom stereocenters. The van der Waals surface area contributed by atoms with Gasteiger partial charge in [0, 0.05) is 16.0 Å². The number of thioether (sulfide) groups is 1. The molecule has 0 radical (unpaired) electrons. The number of aliphatic carboxylic acids is 1. The first-order valence-corrected chi connectivity index (χ1v) is 8.64. The number of hydrogen-bond donors (Lipinski definition) is 2. The van der Waals surface area contributed by atoms with E-state index in [1.807, 2.05) is 31.2 Å². The maximum Gasteiger partial charge on any atom is 0.323 e. The Hall–Kier alpha value is -0.710. The van der Waals surface area contributed by atoms with Crippen molar-refractivity contribution in [1.29, 1.82) is 0 Å². The number of carbonyl (C=O) groups is 1. The predicted molar refractivity (Wildman–Crippen MR) is 91.2 cm³/mol.